The number of phenolic OH excluding ortho intramolecular Hbond substituents is 1. The van der Waals surface area contributed by atoms with E-state index in [1.54, 1.807) is 12.1 Å². The lowest BCUT2D eigenvalue weighted by Gasteiger charge is -2.12. The molecule has 0 saturated carbocycles. The molecule has 5 heteroatoms. The van der Waals surface area contributed by atoms with E-state index in [0.717, 1.165) is 12.8 Å². The number of carbonyl (C=O) groups is 2. The van der Waals surface area contributed by atoms with E-state index in [0.29, 0.717) is 12.0 Å². The van der Waals surface area contributed by atoms with Gasteiger partial charge in [0.1, 0.15) is 11.5 Å². The first-order valence-corrected chi connectivity index (χ1v) is 7.39. The van der Waals surface area contributed by atoms with Gasteiger partial charge >= 0.3 is 11.9 Å². The number of aromatic hydroxyl groups is 1. The minimum absolute atomic E-state index is 0.0538. The van der Waals surface area contributed by atoms with E-state index >= 15 is 0 Å². The molecule has 0 amide bonds. The fourth-order valence-electron chi connectivity index (χ4n) is 2.23. The van der Waals surface area contributed by atoms with E-state index in [2.05, 4.69) is 0 Å². The van der Waals surface area contributed by atoms with Crippen molar-refractivity contribution in [3.8, 4) is 11.5 Å². The molecule has 0 fully saturated rings. The lowest BCUT2D eigenvalue weighted by molar-refractivity contribution is 0.0685. The van der Waals surface area contributed by atoms with Crippen molar-refractivity contribution in [1.29, 1.82) is 0 Å². The van der Waals surface area contributed by atoms with Crippen LogP contribution in [0.4, 0.5) is 0 Å². The van der Waals surface area contributed by atoms with E-state index < -0.39 is 11.9 Å². The maximum absolute atomic E-state index is 12.2. The van der Waals surface area contributed by atoms with Crippen LogP contribution >= 0.6 is 0 Å². The fraction of sp³-hybridized carbons (Fsp3) is 0.222. The number of carbonyl (C=O) groups excluding carboxylic acids is 1. The minimum atomic E-state index is -1.04. The molecule has 0 unspecified atom stereocenters. The molecule has 2 aromatic carbocycles. The van der Waals surface area contributed by atoms with Crippen molar-refractivity contribution < 1.29 is 24.5 Å². The molecule has 0 atom stereocenters. The number of esters is 1. The van der Waals surface area contributed by atoms with E-state index in [1.165, 1.54) is 30.3 Å². The zero-order chi connectivity index (χ0) is 16.8. The number of benzene rings is 2. The average molecular weight is 314 g/mol. The lowest BCUT2D eigenvalue weighted by Crippen LogP contribution is -2.12. The number of rotatable bonds is 6. The van der Waals surface area contributed by atoms with Crippen LogP contribution in [0, 0.1) is 0 Å². The second-order valence-corrected chi connectivity index (χ2v) is 5.13. The van der Waals surface area contributed by atoms with Gasteiger partial charge in [0.05, 0.1) is 11.1 Å². The van der Waals surface area contributed by atoms with Gasteiger partial charge in [0.25, 0.3) is 0 Å². The van der Waals surface area contributed by atoms with Crippen LogP contribution in [0.2, 0.25) is 0 Å². The molecular formula is C18H18O5. The van der Waals surface area contributed by atoms with Crippen molar-refractivity contribution in [3.63, 3.8) is 0 Å². The summed E-state index contributed by atoms with van der Waals surface area (Å²) in [6, 6.07) is 10.3. The smallest absolute Gasteiger partial charge is 0.343 e. The molecule has 0 aliphatic heterocycles. The molecule has 0 heterocycles. The lowest BCUT2D eigenvalue weighted by atomic mass is 10.0. The van der Waals surface area contributed by atoms with Gasteiger partial charge in [-0.3, -0.25) is 0 Å². The number of hydrogen-bond acceptors (Lipinski definition) is 4. The number of carboxylic acids is 1. The van der Waals surface area contributed by atoms with Crippen LogP contribution in [-0.4, -0.2) is 22.2 Å². The molecule has 2 rings (SSSR count). The summed E-state index contributed by atoms with van der Waals surface area (Å²) in [6.45, 7) is 2.01. The van der Waals surface area contributed by atoms with Gasteiger partial charge < -0.3 is 14.9 Å². The van der Waals surface area contributed by atoms with Crippen LogP contribution in [0.3, 0.4) is 0 Å². The highest BCUT2D eigenvalue weighted by molar-refractivity contribution is 5.93. The normalized spacial score (nSPS) is 10.3. The second kappa shape index (κ2) is 7.45. The Morgan fingerprint density at radius 1 is 1.09 bits per heavy atom. The third-order valence-corrected chi connectivity index (χ3v) is 3.45. The molecule has 0 radical (unpaired) electrons. The van der Waals surface area contributed by atoms with Crippen molar-refractivity contribution in [2.75, 3.05) is 0 Å². The molecule has 5 nitrogen and oxygen atoms in total. The predicted molar refractivity (Wildman–Crippen MR) is 85.1 cm³/mol. The first kappa shape index (κ1) is 16.5. The molecular weight excluding hydrogens is 296 g/mol. The molecule has 120 valence electrons. The highest BCUT2D eigenvalue weighted by atomic mass is 16.5. The number of carboxylic acid groups (broad SMARTS) is 1. The Kier molecular flexibility index (Phi) is 5.36. The number of aromatic carboxylic acids is 1. The first-order chi connectivity index (χ1) is 11.0. The van der Waals surface area contributed by atoms with Crippen LogP contribution in [0.5, 0.6) is 11.5 Å². The monoisotopic (exact) mass is 314 g/mol. The first-order valence-electron chi connectivity index (χ1n) is 7.39. The Labute approximate surface area is 134 Å². The van der Waals surface area contributed by atoms with Crippen molar-refractivity contribution in [2.24, 2.45) is 0 Å². The van der Waals surface area contributed by atoms with Crippen LogP contribution < -0.4 is 4.74 Å². The van der Waals surface area contributed by atoms with Crippen LogP contribution in [0.1, 0.15) is 46.0 Å². The Morgan fingerprint density at radius 3 is 2.39 bits per heavy atom. The Bertz CT molecular complexity index is 704. The molecule has 0 spiro atoms. The number of ether oxygens (including phenoxy) is 1. The van der Waals surface area contributed by atoms with Crippen molar-refractivity contribution in [2.45, 2.75) is 26.2 Å². The summed E-state index contributed by atoms with van der Waals surface area (Å²) < 4.78 is 5.38. The van der Waals surface area contributed by atoms with Crippen LogP contribution in [0.25, 0.3) is 0 Å². The van der Waals surface area contributed by atoms with Crippen molar-refractivity contribution in [3.05, 3.63) is 59.2 Å². The van der Waals surface area contributed by atoms with Gasteiger partial charge in [-0.05, 0) is 49.2 Å². The molecule has 0 bridgehead atoms. The summed E-state index contributed by atoms with van der Waals surface area (Å²) in [4.78, 5) is 23.5. The van der Waals surface area contributed by atoms with E-state index in [1.807, 2.05) is 6.92 Å². The molecule has 23 heavy (non-hydrogen) atoms. The van der Waals surface area contributed by atoms with Gasteiger partial charge in [-0.2, -0.15) is 0 Å². The molecule has 2 aromatic rings. The van der Waals surface area contributed by atoms with Gasteiger partial charge in [0, 0.05) is 5.56 Å². The summed E-state index contributed by atoms with van der Waals surface area (Å²) in [6.07, 6.45) is 2.23. The average Bonchev–Trinajstić information content (AvgIpc) is 2.53. The molecule has 0 aromatic heterocycles. The topological polar surface area (TPSA) is 83.8 Å². The number of phenols is 1. The molecule has 0 aliphatic carbocycles. The predicted octanol–water partition coefficient (Wildman–Crippen LogP) is 3.65. The second-order valence-electron chi connectivity index (χ2n) is 5.13. The molecule has 0 saturated heterocycles. The van der Waals surface area contributed by atoms with Gasteiger partial charge in [-0.15, -0.1) is 0 Å². The van der Waals surface area contributed by atoms with Crippen LogP contribution in [0.15, 0.2) is 42.5 Å². The highest BCUT2D eigenvalue weighted by Gasteiger charge is 2.17. The van der Waals surface area contributed by atoms with Gasteiger partial charge in [0.15, 0.2) is 0 Å². The third-order valence-electron chi connectivity index (χ3n) is 3.45. The fourth-order valence-corrected chi connectivity index (χ4v) is 2.23. The van der Waals surface area contributed by atoms with E-state index in [-0.39, 0.29) is 22.6 Å². The van der Waals surface area contributed by atoms with Gasteiger partial charge in [-0.25, -0.2) is 9.59 Å². The quantitative estimate of drug-likeness (QED) is 0.628. The minimum Gasteiger partial charge on any atom is -0.508 e. The van der Waals surface area contributed by atoms with E-state index in [9.17, 15) is 19.8 Å². The van der Waals surface area contributed by atoms with Crippen molar-refractivity contribution >= 4 is 11.9 Å². The maximum Gasteiger partial charge on any atom is 0.343 e. The maximum atomic E-state index is 12.2. The highest BCUT2D eigenvalue weighted by Crippen LogP contribution is 2.26. The molecule has 2 N–H and O–H groups in total. The summed E-state index contributed by atoms with van der Waals surface area (Å²) in [5.74, 6) is -1.32. The number of hydrogen-bond donors (Lipinski definition) is 2. The van der Waals surface area contributed by atoms with E-state index in [4.69, 9.17) is 4.74 Å². The number of unbranched alkanes of at least 4 members (excludes halogenated alkanes) is 1. The summed E-state index contributed by atoms with van der Waals surface area (Å²) in [5, 5.41) is 18.6. The Hall–Kier alpha value is -2.82. The largest absolute Gasteiger partial charge is 0.508 e. The summed E-state index contributed by atoms with van der Waals surface area (Å²) >= 11 is 0. The zero-order valence-corrected chi connectivity index (χ0v) is 12.8. The summed E-state index contributed by atoms with van der Waals surface area (Å²) in [7, 11) is 0. The van der Waals surface area contributed by atoms with Crippen LogP contribution in [-0.2, 0) is 6.42 Å². The Morgan fingerprint density at radius 2 is 1.78 bits per heavy atom. The van der Waals surface area contributed by atoms with Gasteiger partial charge in [0.2, 0.25) is 0 Å². The van der Waals surface area contributed by atoms with Gasteiger partial charge in [-0.1, -0.05) is 19.4 Å². The third kappa shape index (κ3) is 4.10. The Balaban J connectivity index is 2.30. The molecule has 0 aliphatic rings. The SMILES string of the molecule is CCCCc1c(OC(=O)c2ccc(O)cc2)cccc1C(=O)O. The van der Waals surface area contributed by atoms with Crippen molar-refractivity contribution in [1.82, 2.24) is 0 Å². The zero-order valence-electron chi connectivity index (χ0n) is 12.8. The summed E-state index contributed by atoms with van der Waals surface area (Å²) in [5.41, 5.74) is 0.952. The standard InChI is InChI=1S/C18H18O5/c1-2-3-5-14-15(17(20)21)6-4-7-16(14)23-18(22)12-8-10-13(19)11-9-12/h4,6-11,19H,2-3,5H2,1H3,(H,20,21).